The molecule has 0 aromatic heterocycles. The van der Waals surface area contributed by atoms with Gasteiger partial charge in [0, 0.05) is 55.3 Å². The van der Waals surface area contributed by atoms with Crippen LogP contribution in [0.5, 0.6) is 0 Å². The number of hydrogen-bond donors (Lipinski definition) is 1. The predicted molar refractivity (Wildman–Crippen MR) is 117 cm³/mol. The topological polar surface area (TPSA) is 73.0 Å². The fourth-order valence-corrected chi connectivity index (χ4v) is 3.96. The lowest BCUT2D eigenvalue weighted by Gasteiger charge is -2.36. The van der Waals surface area contributed by atoms with Gasteiger partial charge in [-0.05, 0) is 48.4 Å². The maximum atomic E-state index is 12.6. The summed E-state index contributed by atoms with van der Waals surface area (Å²) < 4.78 is 0. The van der Waals surface area contributed by atoms with Gasteiger partial charge in [0.1, 0.15) is 0 Å². The Hall–Kier alpha value is -3.06. The number of carbonyl (C=O) groups excluding carboxylic acids is 3. The first kappa shape index (κ1) is 20.2. The molecule has 0 atom stereocenters. The van der Waals surface area contributed by atoms with Crippen molar-refractivity contribution in [2.45, 2.75) is 13.3 Å². The van der Waals surface area contributed by atoms with Gasteiger partial charge in [-0.2, -0.15) is 0 Å². The van der Waals surface area contributed by atoms with E-state index in [4.69, 9.17) is 11.6 Å². The van der Waals surface area contributed by atoms with Crippen LogP contribution in [-0.2, 0) is 20.8 Å². The highest BCUT2D eigenvalue weighted by Gasteiger charge is 2.28. The summed E-state index contributed by atoms with van der Waals surface area (Å²) in [6.45, 7) is 4.19. The third-order valence-corrected chi connectivity index (χ3v) is 6.11. The van der Waals surface area contributed by atoms with E-state index in [1.807, 2.05) is 31.2 Å². The first-order valence-corrected chi connectivity index (χ1v) is 10.2. The monoisotopic (exact) mass is 426 g/mol. The minimum atomic E-state index is -0.669. The Morgan fingerprint density at radius 2 is 1.77 bits per heavy atom. The zero-order valence-electron chi connectivity index (χ0n) is 16.9. The van der Waals surface area contributed by atoms with Gasteiger partial charge in [0.2, 0.25) is 5.91 Å². The third kappa shape index (κ3) is 3.85. The lowest BCUT2D eigenvalue weighted by atomic mass is 10.1. The van der Waals surface area contributed by atoms with Crippen molar-refractivity contribution in [2.24, 2.45) is 0 Å². The van der Waals surface area contributed by atoms with Crippen LogP contribution in [0, 0.1) is 6.92 Å². The molecule has 4 rings (SSSR count). The molecule has 0 radical (unpaired) electrons. The van der Waals surface area contributed by atoms with Crippen molar-refractivity contribution in [2.75, 3.05) is 48.3 Å². The Balaban J connectivity index is 1.36. The normalized spacial score (nSPS) is 16.0. The second-order valence-electron chi connectivity index (χ2n) is 7.64. The summed E-state index contributed by atoms with van der Waals surface area (Å²) in [7, 11) is 1.70. The van der Waals surface area contributed by atoms with Crippen molar-refractivity contribution in [3.05, 3.63) is 52.5 Å². The molecule has 2 aliphatic rings. The Morgan fingerprint density at radius 1 is 1.03 bits per heavy atom. The Kier molecular flexibility index (Phi) is 5.39. The summed E-state index contributed by atoms with van der Waals surface area (Å²) in [6, 6.07) is 11.1. The fourth-order valence-electron chi connectivity index (χ4n) is 3.84. The molecule has 2 aromatic rings. The van der Waals surface area contributed by atoms with Crippen LogP contribution in [0.3, 0.4) is 0 Å². The van der Waals surface area contributed by atoms with Crippen LogP contribution in [0.4, 0.5) is 17.1 Å². The van der Waals surface area contributed by atoms with Gasteiger partial charge in [-0.1, -0.05) is 17.7 Å². The number of benzene rings is 2. The number of carbonyl (C=O) groups is 3. The summed E-state index contributed by atoms with van der Waals surface area (Å²) in [5.41, 5.74) is 4.25. The van der Waals surface area contributed by atoms with Gasteiger partial charge in [-0.15, -0.1) is 0 Å². The van der Waals surface area contributed by atoms with E-state index >= 15 is 0 Å². The lowest BCUT2D eigenvalue weighted by Crippen LogP contribution is -2.51. The van der Waals surface area contributed by atoms with E-state index in [9.17, 15) is 14.4 Å². The summed E-state index contributed by atoms with van der Waals surface area (Å²) in [6.07, 6.45) is 0.358. The zero-order chi connectivity index (χ0) is 21.4. The molecule has 1 N–H and O–H groups in total. The van der Waals surface area contributed by atoms with Crippen molar-refractivity contribution in [1.82, 2.24) is 4.90 Å². The largest absolute Gasteiger partial charge is 0.368 e. The summed E-state index contributed by atoms with van der Waals surface area (Å²) in [4.78, 5) is 42.2. The number of aryl methyl sites for hydroxylation is 1. The van der Waals surface area contributed by atoms with Crippen LogP contribution in [0.2, 0.25) is 5.02 Å². The molecule has 8 heteroatoms. The molecular weight excluding hydrogens is 404 g/mol. The van der Waals surface area contributed by atoms with E-state index in [1.165, 1.54) is 0 Å². The second-order valence-corrected chi connectivity index (χ2v) is 8.05. The van der Waals surface area contributed by atoms with Crippen molar-refractivity contribution in [3.8, 4) is 0 Å². The van der Waals surface area contributed by atoms with Gasteiger partial charge in [-0.3, -0.25) is 14.4 Å². The van der Waals surface area contributed by atoms with E-state index < -0.39 is 11.8 Å². The van der Waals surface area contributed by atoms with E-state index in [1.54, 1.807) is 29.0 Å². The highest BCUT2D eigenvalue weighted by Crippen LogP contribution is 2.30. The number of halogens is 1. The van der Waals surface area contributed by atoms with Crippen LogP contribution < -0.4 is 15.1 Å². The molecule has 30 heavy (non-hydrogen) atoms. The minimum Gasteiger partial charge on any atom is -0.368 e. The number of rotatable bonds is 2. The van der Waals surface area contributed by atoms with Crippen molar-refractivity contribution in [1.29, 1.82) is 0 Å². The molecular formula is C22H23ClN4O3. The van der Waals surface area contributed by atoms with E-state index in [2.05, 4.69) is 10.2 Å². The molecule has 1 saturated heterocycles. The van der Waals surface area contributed by atoms with Crippen LogP contribution in [0.1, 0.15) is 11.1 Å². The molecule has 156 valence electrons. The second kappa shape index (κ2) is 7.99. The zero-order valence-corrected chi connectivity index (χ0v) is 17.7. The SMILES string of the molecule is Cc1cc(N2CCN(C(=O)C(=O)Nc3ccc4c(c3)N(C)C(=O)C4)CC2)ccc1Cl. The fraction of sp³-hybridized carbons (Fsp3) is 0.318. The maximum absolute atomic E-state index is 12.6. The van der Waals surface area contributed by atoms with E-state index in [-0.39, 0.29) is 5.91 Å². The quantitative estimate of drug-likeness (QED) is 0.749. The van der Waals surface area contributed by atoms with Crippen LogP contribution in [0.15, 0.2) is 36.4 Å². The molecule has 0 aliphatic carbocycles. The Morgan fingerprint density at radius 3 is 2.47 bits per heavy atom. The highest BCUT2D eigenvalue weighted by molar-refractivity contribution is 6.39. The van der Waals surface area contributed by atoms with Gasteiger partial charge in [0.15, 0.2) is 0 Å². The molecule has 7 nitrogen and oxygen atoms in total. The minimum absolute atomic E-state index is 0.0123. The molecule has 3 amide bonds. The molecule has 2 aliphatic heterocycles. The summed E-state index contributed by atoms with van der Waals surface area (Å²) in [5.74, 6) is -1.21. The number of nitrogens with one attached hydrogen (secondary N) is 1. The average Bonchev–Trinajstić information content (AvgIpc) is 3.03. The van der Waals surface area contributed by atoms with Gasteiger partial charge >= 0.3 is 11.8 Å². The molecule has 0 spiro atoms. The summed E-state index contributed by atoms with van der Waals surface area (Å²) >= 11 is 6.10. The van der Waals surface area contributed by atoms with E-state index in [0.29, 0.717) is 38.3 Å². The van der Waals surface area contributed by atoms with Crippen LogP contribution in [0.25, 0.3) is 0 Å². The van der Waals surface area contributed by atoms with Crippen molar-refractivity contribution >= 4 is 46.4 Å². The molecule has 0 unspecified atom stereocenters. The first-order chi connectivity index (χ1) is 14.3. The van der Waals surface area contributed by atoms with E-state index in [0.717, 1.165) is 27.5 Å². The number of anilines is 3. The van der Waals surface area contributed by atoms with Crippen LogP contribution in [-0.4, -0.2) is 55.8 Å². The average molecular weight is 427 g/mol. The van der Waals surface area contributed by atoms with Gasteiger partial charge in [0.05, 0.1) is 6.42 Å². The maximum Gasteiger partial charge on any atom is 0.313 e. The Labute approximate surface area is 180 Å². The number of amides is 3. The molecule has 1 fully saturated rings. The highest BCUT2D eigenvalue weighted by atomic mass is 35.5. The van der Waals surface area contributed by atoms with Crippen LogP contribution >= 0.6 is 11.6 Å². The first-order valence-electron chi connectivity index (χ1n) is 9.84. The number of piperazine rings is 1. The smallest absolute Gasteiger partial charge is 0.313 e. The molecule has 2 heterocycles. The third-order valence-electron chi connectivity index (χ3n) is 5.69. The number of likely N-dealkylation sites (N-methyl/N-ethyl adjacent to an activating group) is 1. The lowest BCUT2D eigenvalue weighted by molar-refractivity contribution is -0.143. The molecule has 2 aromatic carbocycles. The number of fused-ring (bicyclic) bond motifs is 1. The van der Waals surface area contributed by atoms with Gasteiger partial charge in [-0.25, -0.2) is 0 Å². The van der Waals surface area contributed by atoms with Gasteiger partial charge < -0.3 is 20.0 Å². The molecule has 0 saturated carbocycles. The number of nitrogens with zero attached hydrogens (tertiary/aromatic N) is 3. The van der Waals surface area contributed by atoms with Crippen molar-refractivity contribution < 1.29 is 14.4 Å². The molecule has 0 bridgehead atoms. The van der Waals surface area contributed by atoms with Crippen molar-refractivity contribution in [3.63, 3.8) is 0 Å². The standard InChI is InChI=1S/C22H23ClN4O3/c1-14-11-17(5-6-18(14)23)26-7-9-27(10-8-26)22(30)21(29)24-16-4-3-15-12-20(28)25(2)19(15)13-16/h3-6,11,13H,7-10,12H2,1-2H3,(H,24,29). The Bertz CT molecular complexity index is 1030. The number of hydrogen-bond acceptors (Lipinski definition) is 4. The summed E-state index contributed by atoms with van der Waals surface area (Å²) in [5, 5.41) is 3.39. The van der Waals surface area contributed by atoms with Gasteiger partial charge in [0.25, 0.3) is 0 Å². The predicted octanol–water partition coefficient (Wildman–Crippen LogP) is 2.45.